The van der Waals surface area contributed by atoms with Crippen LogP contribution in [0.5, 0.6) is 5.75 Å². The van der Waals surface area contributed by atoms with Crippen molar-refractivity contribution >= 4 is 29.9 Å². The molecule has 0 heterocycles. The van der Waals surface area contributed by atoms with E-state index in [0.717, 1.165) is 11.5 Å². The van der Waals surface area contributed by atoms with Crippen LogP contribution in [0.3, 0.4) is 0 Å². The van der Waals surface area contributed by atoms with Gasteiger partial charge in [-0.2, -0.15) is 0 Å². The summed E-state index contributed by atoms with van der Waals surface area (Å²) in [5, 5.41) is 0. The number of guanidine groups is 1. The van der Waals surface area contributed by atoms with Crippen LogP contribution in [-0.2, 0) is 6.54 Å². The minimum atomic E-state index is -0.360. The molecule has 0 amide bonds. The summed E-state index contributed by atoms with van der Waals surface area (Å²) in [5.41, 5.74) is 0.814. The molecular formula is C13H21FIN3O. The molecule has 0 saturated heterocycles. The summed E-state index contributed by atoms with van der Waals surface area (Å²) in [4.78, 5) is 8.28. The Labute approximate surface area is 131 Å². The molecule has 108 valence electrons. The van der Waals surface area contributed by atoms with Crippen LogP contribution in [0.15, 0.2) is 23.2 Å². The standard InChI is InChI=1S/C13H20FN3O.HI/c1-16(2)13(17(3)4)15-9-10-6-7-12(18-5)11(14)8-10;/h6-8H,9H2,1-5H3;1H. The number of methoxy groups -OCH3 is 1. The maximum atomic E-state index is 13.5. The number of nitrogens with zero attached hydrogens (tertiary/aromatic N) is 3. The van der Waals surface area contributed by atoms with E-state index >= 15 is 0 Å². The smallest absolute Gasteiger partial charge is 0.195 e. The molecule has 0 atom stereocenters. The third kappa shape index (κ3) is 5.22. The van der Waals surface area contributed by atoms with Crippen molar-refractivity contribution in [3.05, 3.63) is 29.6 Å². The monoisotopic (exact) mass is 381 g/mol. The van der Waals surface area contributed by atoms with E-state index in [0.29, 0.717) is 6.54 Å². The molecule has 0 saturated carbocycles. The van der Waals surface area contributed by atoms with E-state index in [1.807, 2.05) is 44.1 Å². The highest BCUT2D eigenvalue weighted by Gasteiger charge is 2.06. The SMILES string of the molecule is COc1ccc(CN=C(N(C)C)N(C)C)cc1F.I. The number of rotatable bonds is 3. The van der Waals surface area contributed by atoms with Crippen molar-refractivity contribution in [1.29, 1.82) is 0 Å². The van der Waals surface area contributed by atoms with Gasteiger partial charge >= 0.3 is 0 Å². The summed E-state index contributed by atoms with van der Waals surface area (Å²) < 4.78 is 18.4. The zero-order chi connectivity index (χ0) is 13.7. The fourth-order valence-electron chi connectivity index (χ4n) is 1.65. The topological polar surface area (TPSA) is 28.1 Å². The van der Waals surface area contributed by atoms with Crippen LogP contribution in [0.4, 0.5) is 4.39 Å². The summed E-state index contributed by atoms with van der Waals surface area (Å²) >= 11 is 0. The average molecular weight is 381 g/mol. The normalized spacial score (nSPS) is 9.37. The molecule has 1 aromatic carbocycles. The second-order valence-corrected chi connectivity index (χ2v) is 4.37. The van der Waals surface area contributed by atoms with Crippen molar-refractivity contribution in [2.24, 2.45) is 4.99 Å². The molecule has 4 nitrogen and oxygen atoms in total. The lowest BCUT2D eigenvalue weighted by Crippen LogP contribution is -2.35. The minimum Gasteiger partial charge on any atom is -0.494 e. The van der Waals surface area contributed by atoms with Crippen LogP contribution < -0.4 is 4.74 Å². The van der Waals surface area contributed by atoms with Gasteiger partial charge in [-0.05, 0) is 17.7 Å². The average Bonchev–Trinajstić information content (AvgIpc) is 2.28. The maximum absolute atomic E-state index is 13.5. The lowest BCUT2D eigenvalue weighted by Gasteiger charge is -2.22. The summed E-state index contributed by atoms with van der Waals surface area (Å²) in [6.45, 7) is 0.437. The van der Waals surface area contributed by atoms with E-state index in [-0.39, 0.29) is 35.5 Å². The van der Waals surface area contributed by atoms with Crippen LogP contribution in [0.1, 0.15) is 5.56 Å². The Hall–Kier alpha value is -1.05. The molecule has 0 N–H and O–H groups in total. The molecule has 1 aromatic rings. The quantitative estimate of drug-likeness (QED) is 0.458. The minimum absolute atomic E-state index is 0. The molecule has 0 aromatic heterocycles. The van der Waals surface area contributed by atoms with Crippen molar-refractivity contribution in [3.63, 3.8) is 0 Å². The van der Waals surface area contributed by atoms with Crippen molar-refractivity contribution in [3.8, 4) is 5.75 Å². The van der Waals surface area contributed by atoms with Crippen LogP contribution in [0, 0.1) is 5.82 Å². The van der Waals surface area contributed by atoms with E-state index in [4.69, 9.17) is 4.74 Å². The Bertz CT molecular complexity index is 426. The summed E-state index contributed by atoms with van der Waals surface area (Å²) in [6.07, 6.45) is 0. The van der Waals surface area contributed by atoms with Gasteiger partial charge in [0.2, 0.25) is 0 Å². The molecule has 0 spiro atoms. The van der Waals surface area contributed by atoms with Gasteiger partial charge in [-0.1, -0.05) is 6.07 Å². The van der Waals surface area contributed by atoms with E-state index < -0.39 is 0 Å². The third-order valence-corrected chi connectivity index (χ3v) is 2.42. The molecule has 6 heteroatoms. The number of halogens is 2. The molecule has 0 aliphatic rings. The highest BCUT2D eigenvalue weighted by Crippen LogP contribution is 2.18. The molecule has 0 fully saturated rings. The molecule has 19 heavy (non-hydrogen) atoms. The van der Waals surface area contributed by atoms with Gasteiger partial charge in [-0.15, -0.1) is 24.0 Å². The highest BCUT2D eigenvalue weighted by molar-refractivity contribution is 14.0. The van der Waals surface area contributed by atoms with Gasteiger partial charge in [0.15, 0.2) is 17.5 Å². The van der Waals surface area contributed by atoms with Gasteiger partial charge in [-0.25, -0.2) is 9.38 Å². The first-order valence-corrected chi connectivity index (χ1v) is 5.67. The van der Waals surface area contributed by atoms with E-state index in [1.54, 1.807) is 6.07 Å². The Morgan fingerprint density at radius 1 is 1.21 bits per heavy atom. The second-order valence-electron chi connectivity index (χ2n) is 4.37. The van der Waals surface area contributed by atoms with Crippen molar-refractivity contribution in [1.82, 2.24) is 9.80 Å². The Morgan fingerprint density at radius 3 is 2.21 bits per heavy atom. The first kappa shape index (κ1) is 17.9. The number of benzene rings is 1. The predicted molar refractivity (Wildman–Crippen MR) is 86.9 cm³/mol. The molecule has 0 radical (unpaired) electrons. The number of hydrogen-bond donors (Lipinski definition) is 0. The van der Waals surface area contributed by atoms with Crippen molar-refractivity contribution in [2.75, 3.05) is 35.3 Å². The summed E-state index contributed by atoms with van der Waals surface area (Å²) in [6, 6.07) is 4.88. The summed E-state index contributed by atoms with van der Waals surface area (Å²) in [7, 11) is 9.15. The molecule has 0 aliphatic carbocycles. The zero-order valence-electron chi connectivity index (χ0n) is 12.0. The fraction of sp³-hybridized carbons (Fsp3) is 0.462. The van der Waals surface area contributed by atoms with Gasteiger partial charge in [0.1, 0.15) is 0 Å². The Morgan fingerprint density at radius 2 is 1.79 bits per heavy atom. The molecular weight excluding hydrogens is 360 g/mol. The van der Waals surface area contributed by atoms with Crippen LogP contribution >= 0.6 is 24.0 Å². The molecule has 1 rings (SSSR count). The number of aliphatic imine (C=N–C) groups is 1. The van der Waals surface area contributed by atoms with E-state index in [2.05, 4.69) is 4.99 Å². The van der Waals surface area contributed by atoms with Crippen LogP contribution in [0.25, 0.3) is 0 Å². The van der Waals surface area contributed by atoms with Gasteiger partial charge in [0.05, 0.1) is 13.7 Å². The van der Waals surface area contributed by atoms with Crippen LogP contribution in [0.2, 0.25) is 0 Å². The summed E-state index contributed by atoms with van der Waals surface area (Å²) in [5.74, 6) is 0.732. The van der Waals surface area contributed by atoms with Gasteiger partial charge in [0.25, 0.3) is 0 Å². The van der Waals surface area contributed by atoms with Crippen molar-refractivity contribution < 1.29 is 9.13 Å². The van der Waals surface area contributed by atoms with Gasteiger partial charge in [-0.3, -0.25) is 0 Å². The van der Waals surface area contributed by atoms with Crippen molar-refractivity contribution in [2.45, 2.75) is 6.54 Å². The molecule has 0 bridgehead atoms. The van der Waals surface area contributed by atoms with E-state index in [1.165, 1.54) is 13.2 Å². The second kappa shape index (κ2) is 8.19. The van der Waals surface area contributed by atoms with Gasteiger partial charge in [0, 0.05) is 28.2 Å². The largest absolute Gasteiger partial charge is 0.494 e. The first-order chi connectivity index (χ1) is 8.45. The predicted octanol–water partition coefficient (Wildman–Crippen LogP) is 2.43. The fourth-order valence-corrected chi connectivity index (χ4v) is 1.65. The third-order valence-electron chi connectivity index (χ3n) is 2.42. The lowest BCUT2D eigenvalue weighted by molar-refractivity contribution is 0.386. The number of ether oxygens (including phenoxy) is 1. The Kier molecular flexibility index (Phi) is 7.73. The number of hydrogen-bond acceptors (Lipinski definition) is 2. The van der Waals surface area contributed by atoms with Gasteiger partial charge < -0.3 is 14.5 Å². The maximum Gasteiger partial charge on any atom is 0.195 e. The zero-order valence-corrected chi connectivity index (χ0v) is 14.3. The van der Waals surface area contributed by atoms with E-state index in [9.17, 15) is 4.39 Å². The van der Waals surface area contributed by atoms with Crippen LogP contribution in [-0.4, -0.2) is 51.1 Å². The first-order valence-electron chi connectivity index (χ1n) is 5.67. The highest BCUT2D eigenvalue weighted by atomic mass is 127. The lowest BCUT2D eigenvalue weighted by atomic mass is 10.2. The Balaban J connectivity index is 0.00000324. The molecule has 0 unspecified atom stereocenters. The molecule has 0 aliphatic heterocycles.